The van der Waals surface area contributed by atoms with E-state index in [9.17, 15) is 18.0 Å². The quantitative estimate of drug-likeness (QED) is 0.408. The van der Waals surface area contributed by atoms with Crippen molar-refractivity contribution in [3.05, 3.63) is 60.0 Å². The summed E-state index contributed by atoms with van der Waals surface area (Å²) in [5.41, 5.74) is 5.55. The van der Waals surface area contributed by atoms with Crippen molar-refractivity contribution in [2.45, 2.75) is 12.2 Å². The second-order valence-corrected chi connectivity index (χ2v) is 6.99. The number of nitrogens with zero attached hydrogens (tertiary/aromatic N) is 6. The van der Waals surface area contributed by atoms with Crippen LogP contribution in [0.15, 0.2) is 53.3 Å². The maximum Gasteiger partial charge on any atom is 0.416 e. The van der Waals surface area contributed by atoms with Crippen molar-refractivity contribution in [3.8, 4) is 11.6 Å². The lowest BCUT2D eigenvalue weighted by molar-refractivity contribution is -0.144. The number of ether oxygens (including phenoxy) is 1. The van der Waals surface area contributed by atoms with Crippen molar-refractivity contribution in [1.29, 1.82) is 0 Å². The molecule has 33 heavy (non-hydrogen) atoms. The molecule has 0 bridgehead atoms. The number of hydrogen-bond acceptors (Lipinski definition) is 8. The zero-order valence-corrected chi connectivity index (χ0v) is 16.8. The predicted molar refractivity (Wildman–Crippen MR) is 108 cm³/mol. The number of anilines is 1. The molecule has 0 aliphatic carbocycles. The van der Waals surface area contributed by atoms with Crippen LogP contribution in [0.5, 0.6) is 0 Å². The van der Waals surface area contributed by atoms with Crippen LogP contribution >= 0.6 is 0 Å². The first-order valence-electron chi connectivity index (χ1n) is 9.46. The van der Waals surface area contributed by atoms with Gasteiger partial charge in [0, 0.05) is 0 Å². The molecule has 4 aromatic heterocycles. The van der Waals surface area contributed by atoms with Gasteiger partial charge >= 0.3 is 12.1 Å². The summed E-state index contributed by atoms with van der Waals surface area (Å²) >= 11 is 0. The van der Waals surface area contributed by atoms with Gasteiger partial charge in [0.05, 0.1) is 30.5 Å². The van der Waals surface area contributed by atoms with E-state index in [0.29, 0.717) is 11.1 Å². The Morgan fingerprint density at radius 3 is 2.70 bits per heavy atom. The first-order valence-corrected chi connectivity index (χ1v) is 9.46. The lowest BCUT2D eigenvalue weighted by Crippen LogP contribution is -2.24. The minimum atomic E-state index is -4.60. The highest BCUT2D eigenvalue weighted by Crippen LogP contribution is 2.33. The number of hydrogen-bond donors (Lipinski definition) is 1. The van der Waals surface area contributed by atoms with Crippen LogP contribution in [0.3, 0.4) is 0 Å². The van der Waals surface area contributed by atoms with E-state index in [1.807, 2.05) is 0 Å². The molecule has 0 spiro atoms. The molecule has 2 N–H and O–H groups in total. The normalized spacial score (nSPS) is 13.0. The number of nitrogens with two attached hydrogens (primary N) is 1. The van der Waals surface area contributed by atoms with E-state index in [1.165, 1.54) is 29.1 Å². The second kappa shape index (κ2) is 7.32. The Morgan fingerprint density at radius 1 is 1.18 bits per heavy atom. The van der Waals surface area contributed by atoms with E-state index in [2.05, 4.69) is 20.2 Å². The topological polar surface area (TPSA) is 126 Å². The Bertz CT molecular complexity index is 1490. The first-order chi connectivity index (χ1) is 15.8. The number of fused-ring (bicyclic) bond motifs is 3. The fourth-order valence-corrected chi connectivity index (χ4v) is 3.50. The van der Waals surface area contributed by atoms with E-state index in [-0.39, 0.29) is 28.6 Å². The number of methoxy groups -OCH3 is 1. The number of benzene rings is 1. The summed E-state index contributed by atoms with van der Waals surface area (Å²) < 4.78 is 52.4. The average molecular weight is 457 g/mol. The summed E-state index contributed by atoms with van der Waals surface area (Å²) in [5, 5.41) is 8.86. The number of esters is 1. The maximum absolute atomic E-state index is 13.3. The summed E-state index contributed by atoms with van der Waals surface area (Å²) in [5.74, 6) is -0.263. The lowest BCUT2D eigenvalue weighted by Gasteiger charge is -2.18. The van der Waals surface area contributed by atoms with Crippen molar-refractivity contribution in [3.63, 3.8) is 0 Å². The molecule has 168 valence electrons. The van der Waals surface area contributed by atoms with Crippen LogP contribution in [-0.2, 0) is 15.7 Å². The van der Waals surface area contributed by atoms with Crippen molar-refractivity contribution in [1.82, 2.24) is 29.4 Å². The van der Waals surface area contributed by atoms with Crippen LogP contribution in [0.4, 0.5) is 19.1 Å². The number of carbonyl (C=O) groups excluding carboxylic acids is 1. The highest BCUT2D eigenvalue weighted by molar-refractivity contribution is 5.92. The highest BCUT2D eigenvalue weighted by Gasteiger charge is 2.34. The van der Waals surface area contributed by atoms with Crippen LogP contribution in [0, 0.1) is 0 Å². The SMILES string of the molecule is COC(=O)C(c1cccc(C(F)(F)F)c1)n1ncc2c1nc(N)n1nc(-c3ccco3)nc21. The number of furan rings is 1. The standard InChI is InChI=1S/C20H14F3N7O3/c1-32-18(31)14(10-4-2-5-11(8-10)20(21,22)23)29-17-12(9-25-29)16-26-15(13-6-3-7-33-13)28-30(16)19(24)27-17/h2-9,14H,1H3,(H2,24,27). The number of halogens is 3. The molecule has 0 radical (unpaired) electrons. The monoisotopic (exact) mass is 457 g/mol. The van der Waals surface area contributed by atoms with E-state index >= 15 is 0 Å². The first kappa shape index (κ1) is 20.5. The Hall–Kier alpha value is -4.42. The van der Waals surface area contributed by atoms with E-state index in [4.69, 9.17) is 14.9 Å². The second-order valence-electron chi connectivity index (χ2n) is 6.99. The van der Waals surface area contributed by atoms with Gasteiger partial charge in [-0.05, 0) is 29.8 Å². The molecule has 10 nitrogen and oxygen atoms in total. The molecule has 0 aliphatic rings. The van der Waals surface area contributed by atoms with Gasteiger partial charge in [-0.25, -0.2) is 14.5 Å². The Balaban J connectivity index is 1.71. The maximum atomic E-state index is 13.3. The average Bonchev–Trinajstić information content (AvgIpc) is 3.53. The van der Waals surface area contributed by atoms with Crippen LogP contribution in [0.1, 0.15) is 17.2 Å². The molecule has 1 atom stereocenters. The van der Waals surface area contributed by atoms with Crippen LogP contribution in [0.2, 0.25) is 0 Å². The largest absolute Gasteiger partial charge is 0.467 e. The molecule has 0 aliphatic heterocycles. The van der Waals surface area contributed by atoms with Gasteiger partial charge in [-0.15, -0.1) is 5.10 Å². The van der Waals surface area contributed by atoms with Gasteiger partial charge in [0.25, 0.3) is 0 Å². The molecule has 0 saturated carbocycles. The van der Waals surface area contributed by atoms with Crippen molar-refractivity contribution >= 4 is 28.6 Å². The van der Waals surface area contributed by atoms with Crippen LogP contribution in [-0.4, -0.2) is 42.4 Å². The van der Waals surface area contributed by atoms with Gasteiger partial charge in [-0.2, -0.15) is 27.8 Å². The number of nitrogen functional groups attached to an aromatic ring is 1. The third-order valence-corrected chi connectivity index (χ3v) is 4.99. The molecule has 5 aromatic rings. The fraction of sp³-hybridized carbons (Fsp3) is 0.150. The molecule has 1 aromatic carbocycles. The van der Waals surface area contributed by atoms with E-state index in [0.717, 1.165) is 23.9 Å². The molecule has 0 amide bonds. The summed E-state index contributed by atoms with van der Waals surface area (Å²) in [6.07, 6.45) is -1.75. The fourth-order valence-electron chi connectivity index (χ4n) is 3.50. The zero-order valence-electron chi connectivity index (χ0n) is 16.8. The minimum absolute atomic E-state index is 0.0136. The Labute approximate surface area is 182 Å². The summed E-state index contributed by atoms with van der Waals surface area (Å²) in [6.45, 7) is 0. The number of aromatic nitrogens is 6. The minimum Gasteiger partial charge on any atom is -0.467 e. The van der Waals surface area contributed by atoms with Gasteiger partial charge in [-0.1, -0.05) is 12.1 Å². The van der Waals surface area contributed by atoms with Crippen molar-refractivity contribution in [2.24, 2.45) is 0 Å². The van der Waals surface area contributed by atoms with Crippen molar-refractivity contribution < 1.29 is 27.1 Å². The van der Waals surface area contributed by atoms with E-state index in [1.54, 1.807) is 12.1 Å². The van der Waals surface area contributed by atoms with Gasteiger partial charge in [0.1, 0.15) is 0 Å². The molecular weight excluding hydrogens is 443 g/mol. The van der Waals surface area contributed by atoms with Crippen LogP contribution < -0.4 is 5.73 Å². The molecular formula is C20H14F3N7O3. The van der Waals surface area contributed by atoms with Gasteiger partial charge in [0.2, 0.25) is 11.8 Å². The Kier molecular flexibility index (Phi) is 4.55. The van der Waals surface area contributed by atoms with Crippen molar-refractivity contribution in [2.75, 3.05) is 12.8 Å². The zero-order chi connectivity index (χ0) is 23.3. The molecule has 0 fully saturated rings. The Morgan fingerprint density at radius 2 is 2.00 bits per heavy atom. The summed E-state index contributed by atoms with van der Waals surface area (Å²) in [7, 11) is 1.13. The third kappa shape index (κ3) is 3.33. The molecule has 1 unspecified atom stereocenters. The van der Waals surface area contributed by atoms with Gasteiger partial charge in [-0.3, -0.25) is 0 Å². The number of rotatable bonds is 4. The van der Waals surface area contributed by atoms with Gasteiger partial charge < -0.3 is 14.9 Å². The predicted octanol–water partition coefficient (Wildman–Crippen LogP) is 3.10. The molecule has 4 heterocycles. The molecule has 0 saturated heterocycles. The molecule has 13 heteroatoms. The van der Waals surface area contributed by atoms with Crippen LogP contribution in [0.25, 0.3) is 28.3 Å². The highest BCUT2D eigenvalue weighted by atomic mass is 19.4. The molecule has 5 rings (SSSR count). The third-order valence-electron chi connectivity index (χ3n) is 4.99. The smallest absolute Gasteiger partial charge is 0.416 e. The summed E-state index contributed by atoms with van der Waals surface area (Å²) in [4.78, 5) is 21.3. The van der Waals surface area contributed by atoms with E-state index < -0.39 is 23.8 Å². The number of alkyl halides is 3. The van der Waals surface area contributed by atoms with Gasteiger partial charge in [0.15, 0.2) is 23.1 Å². The lowest BCUT2D eigenvalue weighted by atomic mass is 10.0. The number of carbonyl (C=O) groups is 1. The summed E-state index contributed by atoms with van der Waals surface area (Å²) in [6, 6.07) is 6.34.